The lowest BCUT2D eigenvalue weighted by Crippen LogP contribution is -2.60. The quantitative estimate of drug-likeness (QED) is 0.900. The van der Waals surface area contributed by atoms with Crippen LogP contribution in [0.4, 0.5) is 5.69 Å². The second-order valence-electron chi connectivity index (χ2n) is 5.60. The molecule has 1 aliphatic rings. The average molecular weight is 296 g/mol. The Bertz CT molecular complexity index is 544. The summed E-state index contributed by atoms with van der Waals surface area (Å²) in [6, 6.07) is 9.98. The Morgan fingerprint density at radius 2 is 2.00 bits per heavy atom. The Balaban J connectivity index is 2.48. The van der Waals surface area contributed by atoms with Crippen molar-refractivity contribution in [2.24, 2.45) is 5.73 Å². The topological polar surface area (TPSA) is 63.4 Å². The van der Waals surface area contributed by atoms with Crippen molar-refractivity contribution in [3.8, 4) is 0 Å². The summed E-state index contributed by atoms with van der Waals surface area (Å²) in [7, 11) is -3.11. The number of para-hydroxylation sites is 1. The highest BCUT2D eigenvalue weighted by atomic mass is 32.2. The van der Waals surface area contributed by atoms with Crippen LogP contribution >= 0.6 is 0 Å². The van der Waals surface area contributed by atoms with E-state index in [2.05, 4.69) is 11.8 Å². The third-order valence-corrected chi connectivity index (χ3v) is 6.18. The Kier molecular flexibility index (Phi) is 4.39. The van der Waals surface area contributed by atoms with Crippen LogP contribution in [0, 0.1) is 0 Å². The first kappa shape index (κ1) is 15.3. The number of anilines is 1. The fourth-order valence-electron chi connectivity index (χ4n) is 3.65. The highest BCUT2D eigenvalue weighted by Gasteiger charge is 2.50. The molecule has 2 atom stereocenters. The fourth-order valence-corrected chi connectivity index (χ4v) is 5.38. The molecule has 2 unspecified atom stereocenters. The highest BCUT2D eigenvalue weighted by molar-refractivity contribution is 7.91. The number of benzene rings is 1. The molecular formula is C15H24N2O2S. The van der Waals surface area contributed by atoms with E-state index in [0.29, 0.717) is 13.0 Å². The van der Waals surface area contributed by atoms with Gasteiger partial charge in [-0.05, 0) is 38.3 Å². The van der Waals surface area contributed by atoms with Crippen molar-refractivity contribution in [1.29, 1.82) is 0 Å². The predicted octanol–water partition coefficient (Wildman–Crippen LogP) is 1.81. The summed E-state index contributed by atoms with van der Waals surface area (Å²) in [4.78, 5) is 2.19. The molecule has 1 aromatic rings. The zero-order chi connectivity index (χ0) is 14.8. The van der Waals surface area contributed by atoms with E-state index in [1.165, 1.54) is 6.26 Å². The van der Waals surface area contributed by atoms with Crippen LogP contribution in [-0.2, 0) is 9.84 Å². The summed E-state index contributed by atoms with van der Waals surface area (Å²) in [6.45, 7) is 3.18. The molecule has 0 saturated heterocycles. The molecule has 2 N–H and O–H groups in total. The van der Waals surface area contributed by atoms with Crippen molar-refractivity contribution in [3.05, 3.63) is 30.3 Å². The van der Waals surface area contributed by atoms with Gasteiger partial charge in [0, 0.05) is 25.0 Å². The first-order valence-electron chi connectivity index (χ1n) is 7.17. The molecule has 112 valence electrons. The van der Waals surface area contributed by atoms with Crippen molar-refractivity contribution in [1.82, 2.24) is 0 Å². The SMILES string of the molecule is CCN(c1ccccc1)C1(CN)CCCC1S(C)(=O)=O. The maximum Gasteiger partial charge on any atom is 0.152 e. The summed E-state index contributed by atoms with van der Waals surface area (Å²) in [5.41, 5.74) is 6.65. The van der Waals surface area contributed by atoms with Crippen molar-refractivity contribution in [3.63, 3.8) is 0 Å². The molecule has 4 nitrogen and oxygen atoms in total. The number of nitrogens with zero attached hydrogens (tertiary/aromatic N) is 1. The number of hydrogen-bond donors (Lipinski definition) is 1. The van der Waals surface area contributed by atoms with Crippen LogP contribution in [0.2, 0.25) is 0 Å². The minimum atomic E-state index is -3.11. The molecule has 0 heterocycles. The summed E-state index contributed by atoms with van der Waals surface area (Å²) in [6.07, 6.45) is 3.80. The van der Waals surface area contributed by atoms with Gasteiger partial charge in [0.25, 0.3) is 0 Å². The third kappa shape index (κ3) is 2.56. The first-order valence-corrected chi connectivity index (χ1v) is 9.13. The van der Waals surface area contributed by atoms with Crippen LogP contribution in [0.15, 0.2) is 30.3 Å². The van der Waals surface area contributed by atoms with Gasteiger partial charge in [0.2, 0.25) is 0 Å². The lowest BCUT2D eigenvalue weighted by molar-refractivity contribution is 0.405. The van der Waals surface area contributed by atoms with Gasteiger partial charge < -0.3 is 10.6 Å². The zero-order valence-corrected chi connectivity index (χ0v) is 13.1. The molecule has 20 heavy (non-hydrogen) atoms. The molecule has 0 aliphatic heterocycles. The van der Waals surface area contributed by atoms with Crippen molar-refractivity contribution < 1.29 is 8.42 Å². The molecule has 1 fully saturated rings. The van der Waals surface area contributed by atoms with Gasteiger partial charge in [0.05, 0.1) is 10.8 Å². The van der Waals surface area contributed by atoms with Gasteiger partial charge in [-0.1, -0.05) is 18.2 Å². The molecule has 0 bridgehead atoms. The van der Waals surface area contributed by atoms with Gasteiger partial charge in [-0.15, -0.1) is 0 Å². The second-order valence-corrected chi connectivity index (χ2v) is 7.83. The molecule has 1 aromatic carbocycles. The first-order chi connectivity index (χ1) is 9.45. The van der Waals surface area contributed by atoms with Crippen LogP contribution in [0.3, 0.4) is 0 Å². The normalized spacial score (nSPS) is 26.6. The molecule has 0 spiro atoms. The van der Waals surface area contributed by atoms with Crippen LogP contribution in [0.1, 0.15) is 26.2 Å². The van der Waals surface area contributed by atoms with E-state index in [1.54, 1.807) is 0 Å². The van der Waals surface area contributed by atoms with Crippen molar-refractivity contribution in [2.75, 3.05) is 24.2 Å². The smallest absolute Gasteiger partial charge is 0.152 e. The third-order valence-electron chi connectivity index (χ3n) is 4.47. The summed E-state index contributed by atoms with van der Waals surface area (Å²) in [5, 5.41) is -0.375. The Hall–Kier alpha value is -1.07. The van der Waals surface area contributed by atoms with E-state index < -0.39 is 15.4 Å². The monoisotopic (exact) mass is 296 g/mol. The van der Waals surface area contributed by atoms with Gasteiger partial charge in [-0.25, -0.2) is 8.42 Å². The molecular weight excluding hydrogens is 272 g/mol. The van der Waals surface area contributed by atoms with Crippen LogP contribution < -0.4 is 10.6 Å². The summed E-state index contributed by atoms with van der Waals surface area (Å²) in [5.74, 6) is 0. The van der Waals surface area contributed by atoms with E-state index in [-0.39, 0.29) is 5.25 Å². The van der Waals surface area contributed by atoms with E-state index >= 15 is 0 Å². The van der Waals surface area contributed by atoms with E-state index in [1.807, 2.05) is 30.3 Å². The van der Waals surface area contributed by atoms with Crippen molar-refractivity contribution >= 4 is 15.5 Å². The van der Waals surface area contributed by atoms with Gasteiger partial charge >= 0.3 is 0 Å². The molecule has 1 saturated carbocycles. The number of sulfone groups is 1. The van der Waals surface area contributed by atoms with Crippen LogP contribution in [-0.4, -0.2) is 38.6 Å². The lowest BCUT2D eigenvalue weighted by Gasteiger charge is -2.45. The van der Waals surface area contributed by atoms with Gasteiger partial charge in [-0.3, -0.25) is 0 Å². The lowest BCUT2D eigenvalue weighted by atomic mass is 9.93. The van der Waals surface area contributed by atoms with E-state index in [9.17, 15) is 8.42 Å². The fraction of sp³-hybridized carbons (Fsp3) is 0.600. The van der Waals surface area contributed by atoms with Gasteiger partial charge in [0.1, 0.15) is 0 Å². The summed E-state index contributed by atoms with van der Waals surface area (Å²) >= 11 is 0. The Morgan fingerprint density at radius 3 is 2.50 bits per heavy atom. The van der Waals surface area contributed by atoms with E-state index in [0.717, 1.165) is 25.1 Å². The van der Waals surface area contributed by atoms with Crippen LogP contribution in [0.25, 0.3) is 0 Å². The zero-order valence-electron chi connectivity index (χ0n) is 12.2. The molecule has 2 rings (SSSR count). The standard InChI is InChI=1S/C15H24N2O2S/c1-3-17(13-8-5-4-6-9-13)15(12-16)11-7-10-14(15)20(2,18)19/h4-6,8-9,14H,3,7,10-12,16H2,1-2H3. The summed E-state index contributed by atoms with van der Waals surface area (Å²) < 4.78 is 24.4. The molecule has 0 radical (unpaired) electrons. The van der Waals surface area contributed by atoms with E-state index in [4.69, 9.17) is 5.73 Å². The minimum absolute atomic E-state index is 0.369. The highest BCUT2D eigenvalue weighted by Crippen LogP contribution is 2.41. The Morgan fingerprint density at radius 1 is 1.35 bits per heavy atom. The maximum atomic E-state index is 12.2. The molecule has 0 amide bonds. The number of hydrogen-bond acceptors (Lipinski definition) is 4. The molecule has 1 aliphatic carbocycles. The molecule has 0 aromatic heterocycles. The average Bonchev–Trinajstić information content (AvgIpc) is 2.86. The number of nitrogens with two attached hydrogens (primary N) is 1. The Labute approximate surface area is 121 Å². The van der Waals surface area contributed by atoms with Gasteiger partial charge in [0.15, 0.2) is 9.84 Å². The minimum Gasteiger partial charge on any atom is -0.364 e. The number of likely N-dealkylation sites (N-methyl/N-ethyl adjacent to an activating group) is 1. The molecule has 5 heteroatoms. The number of rotatable bonds is 5. The van der Waals surface area contributed by atoms with Gasteiger partial charge in [-0.2, -0.15) is 0 Å². The second kappa shape index (κ2) is 5.74. The maximum absolute atomic E-state index is 12.2. The van der Waals surface area contributed by atoms with Crippen molar-refractivity contribution in [2.45, 2.75) is 37.0 Å². The van der Waals surface area contributed by atoms with Crippen LogP contribution in [0.5, 0.6) is 0 Å². The largest absolute Gasteiger partial charge is 0.364 e. The predicted molar refractivity (Wildman–Crippen MR) is 83.7 cm³/mol.